The number of piperidine rings is 1. The Kier molecular flexibility index (Phi) is 8.02. The van der Waals surface area contributed by atoms with Gasteiger partial charge >= 0.3 is 11.9 Å². The number of benzene rings is 2. The van der Waals surface area contributed by atoms with Crippen molar-refractivity contribution in [3.63, 3.8) is 0 Å². The van der Waals surface area contributed by atoms with Crippen molar-refractivity contribution in [1.82, 2.24) is 14.5 Å². The number of rotatable bonds is 5. The molecule has 0 saturated carbocycles. The number of hydrogen-bond donors (Lipinski definition) is 3. The predicted molar refractivity (Wildman–Crippen MR) is 149 cm³/mol. The molecule has 0 radical (unpaired) electrons. The summed E-state index contributed by atoms with van der Waals surface area (Å²) in [6.45, 7) is 6.62. The lowest BCUT2D eigenvalue weighted by atomic mass is 9.89. The Morgan fingerprint density at radius 3 is 2.46 bits per heavy atom. The number of hydrogen-bond acceptors (Lipinski definition) is 4. The number of carboxylic acids is 2. The molecule has 2 aliphatic heterocycles. The molecular weight excluding hydrogens is 494 g/mol. The van der Waals surface area contributed by atoms with Crippen molar-refractivity contribution in [2.45, 2.75) is 45.3 Å². The minimum Gasteiger partial charge on any atom is -0.484 e. The number of H-pyrrole nitrogens is 1. The molecule has 204 valence electrons. The van der Waals surface area contributed by atoms with E-state index in [1.54, 1.807) is 0 Å². The predicted octanol–water partition coefficient (Wildman–Crippen LogP) is 5.26. The van der Waals surface area contributed by atoms with Crippen LogP contribution >= 0.6 is 0 Å². The fourth-order valence-electron chi connectivity index (χ4n) is 5.91. The highest BCUT2D eigenvalue weighted by atomic mass is 16.5. The second kappa shape index (κ2) is 11.8. The number of aromatic nitrogens is 2. The molecule has 0 bridgehead atoms. The summed E-state index contributed by atoms with van der Waals surface area (Å²) in [6.07, 6.45) is 7.11. The van der Waals surface area contributed by atoms with Gasteiger partial charge in [0, 0.05) is 34.3 Å². The largest absolute Gasteiger partial charge is 0.484 e. The van der Waals surface area contributed by atoms with E-state index >= 15 is 0 Å². The van der Waals surface area contributed by atoms with Crippen molar-refractivity contribution in [2.75, 3.05) is 19.6 Å². The number of ether oxygens (including phenoxy) is 1. The highest BCUT2D eigenvalue weighted by Gasteiger charge is 2.33. The van der Waals surface area contributed by atoms with Crippen molar-refractivity contribution >= 4 is 22.8 Å². The Bertz CT molecular complexity index is 1440. The molecule has 2 aromatic carbocycles. The summed E-state index contributed by atoms with van der Waals surface area (Å²) >= 11 is 0. The van der Waals surface area contributed by atoms with Crippen molar-refractivity contribution in [2.24, 2.45) is 5.92 Å². The van der Waals surface area contributed by atoms with Crippen LogP contribution in [0.2, 0.25) is 0 Å². The number of carboxylic acid groups (broad SMARTS) is 2. The summed E-state index contributed by atoms with van der Waals surface area (Å²) in [5.41, 5.74) is 6.69. The number of nitrogens with one attached hydrogen (secondary N) is 1. The number of aryl methyl sites for hydroxylation is 2. The number of aromatic amines is 1. The van der Waals surface area contributed by atoms with Crippen LogP contribution in [0.5, 0.6) is 5.75 Å². The Balaban J connectivity index is 0.000000465. The molecule has 0 aliphatic carbocycles. The fourth-order valence-corrected chi connectivity index (χ4v) is 5.91. The minimum atomic E-state index is -1.82. The molecule has 0 spiro atoms. The van der Waals surface area contributed by atoms with Crippen molar-refractivity contribution in [3.05, 3.63) is 89.4 Å². The summed E-state index contributed by atoms with van der Waals surface area (Å²) in [5, 5.41) is 16.2. The van der Waals surface area contributed by atoms with Gasteiger partial charge < -0.3 is 29.4 Å². The molecule has 0 amide bonds. The van der Waals surface area contributed by atoms with Crippen molar-refractivity contribution in [3.8, 4) is 5.75 Å². The molecule has 1 unspecified atom stereocenters. The van der Waals surface area contributed by atoms with Crippen LogP contribution in [-0.2, 0) is 22.6 Å². The molecule has 6 rings (SSSR count). The molecule has 4 heterocycles. The number of nitrogens with zero attached hydrogens (tertiary/aromatic N) is 2. The van der Waals surface area contributed by atoms with Crippen LogP contribution in [0.25, 0.3) is 10.9 Å². The maximum Gasteiger partial charge on any atom is 0.414 e. The van der Waals surface area contributed by atoms with E-state index in [0.29, 0.717) is 5.92 Å². The molecule has 1 atom stereocenters. The Morgan fingerprint density at radius 2 is 1.69 bits per heavy atom. The maximum absolute atomic E-state index is 9.10. The van der Waals surface area contributed by atoms with Gasteiger partial charge in [0.2, 0.25) is 0 Å². The van der Waals surface area contributed by atoms with Crippen LogP contribution in [0.3, 0.4) is 0 Å². The van der Waals surface area contributed by atoms with Crippen molar-refractivity contribution in [1.29, 1.82) is 0 Å². The van der Waals surface area contributed by atoms with E-state index in [1.165, 1.54) is 72.3 Å². The van der Waals surface area contributed by atoms with Gasteiger partial charge in [-0.05, 0) is 82.1 Å². The summed E-state index contributed by atoms with van der Waals surface area (Å²) in [6, 6.07) is 21.6. The van der Waals surface area contributed by atoms with Gasteiger partial charge in [-0.2, -0.15) is 0 Å². The molecule has 3 N–H and O–H groups in total. The Hall–Kier alpha value is -4.04. The Labute approximate surface area is 227 Å². The first-order valence-corrected chi connectivity index (χ1v) is 13.5. The van der Waals surface area contributed by atoms with E-state index in [0.717, 1.165) is 18.7 Å². The average molecular weight is 530 g/mol. The number of para-hydroxylation sites is 2. The molecular formula is C31H35N3O5. The molecule has 4 aromatic rings. The lowest BCUT2D eigenvalue weighted by Gasteiger charge is -2.36. The lowest BCUT2D eigenvalue weighted by Crippen LogP contribution is -2.37. The van der Waals surface area contributed by atoms with Gasteiger partial charge in [0.15, 0.2) is 0 Å². The highest BCUT2D eigenvalue weighted by Crippen LogP contribution is 2.39. The van der Waals surface area contributed by atoms with Gasteiger partial charge in [0.05, 0.1) is 12.2 Å². The molecule has 1 fully saturated rings. The average Bonchev–Trinajstić information content (AvgIpc) is 3.48. The fraction of sp³-hybridized carbons (Fsp3) is 0.355. The third kappa shape index (κ3) is 6.01. The molecule has 39 heavy (non-hydrogen) atoms. The van der Waals surface area contributed by atoms with E-state index in [-0.39, 0.29) is 6.10 Å². The van der Waals surface area contributed by atoms with Crippen LogP contribution in [-0.4, -0.2) is 56.2 Å². The second-order valence-electron chi connectivity index (χ2n) is 10.4. The summed E-state index contributed by atoms with van der Waals surface area (Å²) < 4.78 is 9.04. The normalized spacial score (nSPS) is 17.3. The number of aliphatic carboxylic acids is 2. The zero-order chi connectivity index (χ0) is 27.4. The first kappa shape index (κ1) is 26.6. The van der Waals surface area contributed by atoms with E-state index < -0.39 is 11.9 Å². The third-order valence-electron chi connectivity index (χ3n) is 7.89. The van der Waals surface area contributed by atoms with Gasteiger partial charge in [-0.15, -0.1) is 0 Å². The summed E-state index contributed by atoms with van der Waals surface area (Å²) in [7, 11) is 0. The topological polar surface area (TPSA) is 108 Å². The van der Waals surface area contributed by atoms with Crippen molar-refractivity contribution < 1.29 is 24.5 Å². The Morgan fingerprint density at radius 1 is 0.974 bits per heavy atom. The van der Waals surface area contributed by atoms with E-state index in [2.05, 4.69) is 88.2 Å². The van der Waals surface area contributed by atoms with Crippen LogP contribution in [0, 0.1) is 12.8 Å². The van der Waals surface area contributed by atoms with Crippen LogP contribution < -0.4 is 4.74 Å². The zero-order valence-corrected chi connectivity index (χ0v) is 22.2. The van der Waals surface area contributed by atoms with Crippen LogP contribution in [0.4, 0.5) is 0 Å². The highest BCUT2D eigenvalue weighted by molar-refractivity contribution is 6.27. The molecule has 8 heteroatoms. The van der Waals surface area contributed by atoms with Gasteiger partial charge in [0.25, 0.3) is 0 Å². The first-order chi connectivity index (χ1) is 18.9. The SMILES string of the molecule is Cc1[nH]c2ccccc2c1CCCN1CCC(C2Oc3ccccc3Cn3cccc32)CC1.O=C(O)C(=O)O. The van der Waals surface area contributed by atoms with Crippen LogP contribution in [0.1, 0.15) is 47.9 Å². The monoisotopic (exact) mass is 529 g/mol. The van der Waals surface area contributed by atoms with Crippen LogP contribution in [0.15, 0.2) is 66.9 Å². The second-order valence-corrected chi connectivity index (χ2v) is 10.4. The number of likely N-dealkylation sites (tertiary alicyclic amines) is 1. The summed E-state index contributed by atoms with van der Waals surface area (Å²) in [4.78, 5) is 24.4. The smallest absolute Gasteiger partial charge is 0.414 e. The third-order valence-corrected chi connectivity index (χ3v) is 7.89. The van der Waals surface area contributed by atoms with E-state index in [4.69, 9.17) is 24.5 Å². The molecule has 2 aliphatic rings. The standard InChI is InChI=1S/C29H33N3O.C2H2O4/c1-21-24(25-9-3-4-11-26(25)30-21)10-6-16-31-18-14-22(15-19-31)29-27-12-7-17-32(27)20-23-8-2-5-13-28(23)33-29;3-1(4)2(5)6/h2-5,7-9,11-13,17,22,29-30H,6,10,14-16,18-20H2,1H3;(H,3,4)(H,5,6). The summed E-state index contributed by atoms with van der Waals surface area (Å²) in [5.74, 6) is -2.02. The zero-order valence-electron chi connectivity index (χ0n) is 22.2. The maximum atomic E-state index is 9.10. The quantitative estimate of drug-likeness (QED) is 0.305. The first-order valence-electron chi connectivity index (χ1n) is 13.5. The molecule has 2 aromatic heterocycles. The number of fused-ring (bicyclic) bond motifs is 3. The van der Waals surface area contributed by atoms with E-state index in [9.17, 15) is 0 Å². The molecule has 1 saturated heterocycles. The molecule has 8 nitrogen and oxygen atoms in total. The lowest BCUT2D eigenvalue weighted by molar-refractivity contribution is -0.159. The minimum absolute atomic E-state index is 0.152. The van der Waals surface area contributed by atoms with Gasteiger partial charge in [-0.25, -0.2) is 9.59 Å². The van der Waals surface area contributed by atoms with Gasteiger partial charge in [-0.1, -0.05) is 36.4 Å². The van der Waals surface area contributed by atoms with E-state index in [1.807, 2.05) is 0 Å². The number of carbonyl (C=O) groups is 2. The van der Waals surface area contributed by atoms with Gasteiger partial charge in [0.1, 0.15) is 11.9 Å². The van der Waals surface area contributed by atoms with Gasteiger partial charge in [-0.3, -0.25) is 0 Å².